The predicted molar refractivity (Wildman–Crippen MR) is 200 cm³/mol. The van der Waals surface area contributed by atoms with Gasteiger partial charge in [-0.05, 0) is 119 Å². The predicted octanol–water partition coefficient (Wildman–Crippen LogP) is 13.0. The molecule has 0 N–H and O–H groups in total. The molecule has 2 saturated heterocycles. The average Bonchev–Trinajstić information content (AvgIpc) is 3.31. The van der Waals surface area contributed by atoms with Crippen molar-refractivity contribution >= 4 is 0 Å². The maximum atomic E-state index is 2.62. The molecule has 1 saturated carbocycles. The lowest BCUT2D eigenvalue weighted by Crippen LogP contribution is -2.43. The third-order valence-corrected chi connectivity index (χ3v) is 10.5. The van der Waals surface area contributed by atoms with Crippen molar-refractivity contribution in [3.8, 4) is 0 Å². The van der Waals surface area contributed by atoms with E-state index in [2.05, 4.69) is 114 Å². The molecule has 2 heteroatoms. The van der Waals surface area contributed by atoms with Crippen molar-refractivity contribution in [2.24, 2.45) is 45.8 Å². The summed E-state index contributed by atoms with van der Waals surface area (Å²) in [6, 6.07) is 1.46. The van der Waals surface area contributed by atoms with E-state index in [1.54, 1.807) is 0 Å². The zero-order valence-electron chi connectivity index (χ0n) is 29.2. The topological polar surface area (TPSA) is 6.48 Å². The van der Waals surface area contributed by atoms with Crippen LogP contribution in [0.2, 0.25) is 0 Å². The van der Waals surface area contributed by atoms with Crippen LogP contribution in [-0.2, 0) is 0 Å². The summed E-state index contributed by atoms with van der Waals surface area (Å²) in [5.41, 5.74) is 1.53. The van der Waals surface area contributed by atoms with Gasteiger partial charge in [0, 0.05) is 25.2 Å². The summed E-state index contributed by atoms with van der Waals surface area (Å²) in [4.78, 5) is 5.22. The quantitative estimate of drug-likeness (QED) is 0.319. The van der Waals surface area contributed by atoms with Crippen LogP contribution in [0.4, 0.5) is 0 Å². The van der Waals surface area contributed by atoms with Gasteiger partial charge in [0.15, 0.2) is 0 Å². The highest BCUT2D eigenvalue weighted by Gasteiger charge is 2.33. The number of piperidine rings is 1. The lowest BCUT2D eigenvalue weighted by molar-refractivity contribution is 0.0787. The summed E-state index contributed by atoms with van der Waals surface area (Å²) in [7, 11) is 0. The second kappa shape index (κ2) is 20.9. The van der Waals surface area contributed by atoms with Crippen molar-refractivity contribution in [3.63, 3.8) is 0 Å². The largest absolute Gasteiger partial charge is 0.301 e. The smallest absolute Gasteiger partial charge is 0.00387 e. The van der Waals surface area contributed by atoms with Crippen LogP contribution in [-0.4, -0.2) is 48.1 Å². The standard InChI is InChI=1S/C13H26.C12H25N.C11H23N.4CH4/c1-10(2)11-7-6-8-12(9-11)13(3,4)5;1-10(2)13-8-6-7-11(9-13)12(3,4)5;1-9(2)12-7-6-10(8-12)11(3,4)5;;;;/h10-12H,6-9H2,1-5H3;10-11H,6-9H2,1-5H3;9-10H,6-8H2,1-5H3;4*1H4. The first-order valence-electron chi connectivity index (χ1n) is 16.7. The number of hydrogen-bond acceptors (Lipinski definition) is 2. The Morgan fingerprint density at radius 3 is 1.19 bits per heavy atom. The first-order valence-corrected chi connectivity index (χ1v) is 16.7. The van der Waals surface area contributed by atoms with Crippen LogP contribution in [0, 0.1) is 45.8 Å². The molecule has 0 aromatic carbocycles. The van der Waals surface area contributed by atoms with E-state index in [1.807, 2.05) is 0 Å². The molecule has 0 radical (unpaired) electrons. The molecule has 260 valence electrons. The van der Waals surface area contributed by atoms with Crippen LogP contribution in [0.5, 0.6) is 0 Å². The van der Waals surface area contributed by atoms with Crippen LogP contribution >= 0.6 is 0 Å². The molecule has 3 rings (SSSR count). The van der Waals surface area contributed by atoms with Gasteiger partial charge in [0.2, 0.25) is 0 Å². The van der Waals surface area contributed by atoms with E-state index in [4.69, 9.17) is 0 Å². The molecule has 3 aliphatic rings. The Morgan fingerprint density at radius 2 is 0.857 bits per heavy atom. The molecule has 0 spiro atoms. The van der Waals surface area contributed by atoms with Crippen LogP contribution in [0.1, 0.15) is 179 Å². The van der Waals surface area contributed by atoms with Crippen LogP contribution in [0.15, 0.2) is 0 Å². The molecule has 0 aromatic rings. The second-order valence-electron chi connectivity index (χ2n) is 17.5. The normalized spacial score (nSPS) is 25.6. The van der Waals surface area contributed by atoms with Gasteiger partial charge in [-0.2, -0.15) is 0 Å². The summed E-state index contributed by atoms with van der Waals surface area (Å²) >= 11 is 0. The summed E-state index contributed by atoms with van der Waals surface area (Å²) in [6.07, 6.45) is 10.1. The van der Waals surface area contributed by atoms with E-state index in [0.29, 0.717) is 16.2 Å². The van der Waals surface area contributed by atoms with Gasteiger partial charge >= 0.3 is 0 Å². The molecular formula is C40H90N2. The van der Waals surface area contributed by atoms with Crippen molar-refractivity contribution in [1.82, 2.24) is 9.80 Å². The molecule has 1 aliphatic carbocycles. The molecule has 2 heterocycles. The number of nitrogens with zero attached hydrogens (tertiary/aromatic N) is 2. The number of hydrogen-bond donors (Lipinski definition) is 0. The van der Waals surface area contributed by atoms with E-state index in [0.717, 1.165) is 41.7 Å². The van der Waals surface area contributed by atoms with E-state index in [9.17, 15) is 0 Å². The average molecular weight is 599 g/mol. The van der Waals surface area contributed by atoms with Gasteiger partial charge in [-0.25, -0.2) is 0 Å². The van der Waals surface area contributed by atoms with Crippen LogP contribution in [0.25, 0.3) is 0 Å². The second-order valence-corrected chi connectivity index (χ2v) is 17.5. The molecule has 0 bridgehead atoms. The number of likely N-dealkylation sites (tertiary alicyclic amines) is 2. The molecule has 4 atom stereocenters. The van der Waals surface area contributed by atoms with E-state index in [-0.39, 0.29) is 29.7 Å². The minimum atomic E-state index is 0. The molecule has 2 nitrogen and oxygen atoms in total. The SMILES string of the molecule is C.C.C.C.CC(C)C1CCCC(C(C)(C)C)C1.CC(C)N1CCC(C(C)(C)C)C1.CC(C)N1CCCC(C(C)(C)C)C1. The van der Waals surface area contributed by atoms with Gasteiger partial charge in [-0.3, -0.25) is 0 Å². The van der Waals surface area contributed by atoms with Crippen LogP contribution in [0.3, 0.4) is 0 Å². The van der Waals surface area contributed by atoms with Crippen molar-refractivity contribution in [3.05, 3.63) is 0 Å². The Labute approximate surface area is 272 Å². The van der Waals surface area contributed by atoms with E-state index >= 15 is 0 Å². The zero-order chi connectivity index (χ0) is 29.5. The van der Waals surface area contributed by atoms with Crippen molar-refractivity contribution < 1.29 is 0 Å². The fourth-order valence-corrected chi connectivity index (χ4v) is 6.77. The van der Waals surface area contributed by atoms with Gasteiger partial charge in [-0.15, -0.1) is 0 Å². The molecular weight excluding hydrogens is 508 g/mol. The lowest BCUT2D eigenvalue weighted by atomic mass is 9.67. The highest BCUT2D eigenvalue weighted by Crippen LogP contribution is 2.42. The molecule has 0 aromatic heterocycles. The van der Waals surface area contributed by atoms with Crippen molar-refractivity contribution in [2.75, 3.05) is 26.2 Å². The van der Waals surface area contributed by atoms with Gasteiger partial charge in [0.05, 0.1) is 0 Å². The molecule has 4 unspecified atom stereocenters. The summed E-state index contributed by atoms with van der Waals surface area (Å²) in [6.45, 7) is 40.6. The highest BCUT2D eigenvalue weighted by molar-refractivity contribution is 4.85. The molecule has 3 fully saturated rings. The maximum Gasteiger partial charge on any atom is 0.00387 e. The Hall–Kier alpha value is -0.0800. The first-order chi connectivity index (χ1) is 17.2. The number of rotatable bonds is 3. The fourth-order valence-electron chi connectivity index (χ4n) is 6.77. The van der Waals surface area contributed by atoms with Crippen LogP contribution < -0.4 is 0 Å². The minimum Gasteiger partial charge on any atom is -0.301 e. The van der Waals surface area contributed by atoms with Gasteiger partial charge in [-0.1, -0.05) is 119 Å². The van der Waals surface area contributed by atoms with E-state index in [1.165, 1.54) is 71.1 Å². The monoisotopic (exact) mass is 599 g/mol. The summed E-state index contributed by atoms with van der Waals surface area (Å²) in [5, 5.41) is 0. The van der Waals surface area contributed by atoms with E-state index < -0.39 is 0 Å². The molecule has 42 heavy (non-hydrogen) atoms. The third-order valence-electron chi connectivity index (χ3n) is 10.5. The maximum absolute atomic E-state index is 2.62. The first kappa shape index (κ1) is 48.8. The van der Waals surface area contributed by atoms with Gasteiger partial charge < -0.3 is 9.80 Å². The molecule has 0 amide bonds. The summed E-state index contributed by atoms with van der Waals surface area (Å²) < 4.78 is 0. The Bertz CT molecular complexity index is 589. The minimum absolute atomic E-state index is 0. The van der Waals surface area contributed by atoms with Gasteiger partial charge in [0.25, 0.3) is 0 Å². The third kappa shape index (κ3) is 17.4. The van der Waals surface area contributed by atoms with Crippen molar-refractivity contribution in [1.29, 1.82) is 0 Å². The van der Waals surface area contributed by atoms with Gasteiger partial charge in [0.1, 0.15) is 0 Å². The lowest BCUT2D eigenvalue weighted by Gasteiger charge is -2.41. The Balaban J connectivity index is -0.000000246. The Morgan fingerprint density at radius 1 is 0.476 bits per heavy atom. The highest BCUT2D eigenvalue weighted by atomic mass is 15.2. The Kier molecular flexibility index (Phi) is 24.2. The van der Waals surface area contributed by atoms with Crippen molar-refractivity contribution in [2.45, 2.75) is 191 Å². The summed E-state index contributed by atoms with van der Waals surface area (Å²) in [5.74, 6) is 4.65. The fraction of sp³-hybridized carbons (Fsp3) is 1.00. The zero-order valence-corrected chi connectivity index (χ0v) is 29.2. The molecule has 2 aliphatic heterocycles.